The van der Waals surface area contributed by atoms with Crippen LogP contribution < -0.4 is 10.6 Å². The van der Waals surface area contributed by atoms with E-state index in [4.69, 9.17) is 4.74 Å². The lowest BCUT2D eigenvalue weighted by Crippen LogP contribution is -2.47. The molecule has 118 valence electrons. The van der Waals surface area contributed by atoms with Crippen LogP contribution in [0.3, 0.4) is 0 Å². The molecule has 2 atom stereocenters. The molecule has 1 aliphatic rings. The van der Waals surface area contributed by atoms with E-state index in [2.05, 4.69) is 41.3 Å². The van der Waals surface area contributed by atoms with Crippen LogP contribution in [-0.2, 0) is 4.74 Å². The first-order valence-electron chi connectivity index (χ1n) is 7.87. The van der Waals surface area contributed by atoms with Crippen molar-refractivity contribution in [3.8, 4) is 0 Å². The van der Waals surface area contributed by atoms with Gasteiger partial charge in [0.1, 0.15) is 0 Å². The molecule has 1 fully saturated rings. The molecule has 0 spiro atoms. The second-order valence-corrected chi connectivity index (χ2v) is 5.83. The van der Waals surface area contributed by atoms with Gasteiger partial charge >= 0.3 is 0 Å². The number of hydrogen-bond donors (Lipinski definition) is 2. The highest BCUT2D eigenvalue weighted by atomic mass is 16.5. The van der Waals surface area contributed by atoms with Crippen LogP contribution in [0.5, 0.6) is 0 Å². The van der Waals surface area contributed by atoms with Gasteiger partial charge in [0, 0.05) is 52.0 Å². The summed E-state index contributed by atoms with van der Waals surface area (Å²) >= 11 is 0. The lowest BCUT2D eigenvalue weighted by atomic mass is 10.1. The molecule has 0 aliphatic carbocycles. The minimum absolute atomic E-state index is 0.482. The average Bonchev–Trinajstić information content (AvgIpc) is 2.78. The van der Waals surface area contributed by atoms with E-state index in [1.165, 1.54) is 0 Å². The Kier molecular flexibility index (Phi) is 7.92. The SMILES string of the molecule is CCOCCCNC(=NC)NC1CN(C(C)C)CC1C. The molecule has 5 nitrogen and oxygen atoms in total. The van der Waals surface area contributed by atoms with Crippen molar-refractivity contribution < 1.29 is 4.74 Å². The van der Waals surface area contributed by atoms with Crippen LogP contribution >= 0.6 is 0 Å². The van der Waals surface area contributed by atoms with Gasteiger partial charge in [-0.1, -0.05) is 6.92 Å². The summed E-state index contributed by atoms with van der Waals surface area (Å²) in [6, 6.07) is 1.10. The summed E-state index contributed by atoms with van der Waals surface area (Å²) in [5.74, 6) is 1.56. The van der Waals surface area contributed by atoms with E-state index in [0.29, 0.717) is 18.0 Å². The van der Waals surface area contributed by atoms with E-state index in [0.717, 1.165) is 45.2 Å². The molecule has 5 heteroatoms. The van der Waals surface area contributed by atoms with Crippen LogP contribution in [0.25, 0.3) is 0 Å². The lowest BCUT2D eigenvalue weighted by molar-refractivity contribution is 0.145. The molecule has 0 aromatic heterocycles. The Morgan fingerprint density at radius 1 is 1.40 bits per heavy atom. The summed E-state index contributed by atoms with van der Waals surface area (Å²) < 4.78 is 5.33. The number of hydrogen-bond acceptors (Lipinski definition) is 3. The van der Waals surface area contributed by atoms with Crippen LogP contribution in [0.15, 0.2) is 4.99 Å². The zero-order chi connectivity index (χ0) is 15.0. The van der Waals surface area contributed by atoms with Gasteiger partial charge in [-0.25, -0.2) is 0 Å². The normalized spacial score (nSPS) is 24.4. The molecular formula is C15H32N4O. The van der Waals surface area contributed by atoms with E-state index in [9.17, 15) is 0 Å². The van der Waals surface area contributed by atoms with Gasteiger partial charge in [0.15, 0.2) is 5.96 Å². The van der Waals surface area contributed by atoms with Crippen molar-refractivity contribution in [3.63, 3.8) is 0 Å². The Balaban J connectivity index is 2.30. The van der Waals surface area contributed by atoms with Crippen molar-refractivity contribution in [2.45, 2.75) is 46.2 Å². The number of ether oxygens (including phenoxy) is 1. The van der Waals surface area contributed by atoms with Crippen molar-refractivity contribution in [1.82, 2.24) is 15.5 Å². The highest BCUT2D eigenvalue weighted by molar-refractivity contribution is 5.80. The molecule has 0 amide bonds. The van der Waals surface area contributed by atoms with Crippen LogP contribution in [0.2, 0.25) is 0 Å². The highest BCUT2D eigenvalue weighted by Crippen LogP contribution is 2.18. The first kappa shape index (κ1) is 17.2. The van der Waals surface area contributed by atoms with E-state index in [-0.39, 0.29) is 0 Å². The zero-order valence-electron chi connectivity index (χ0n) is 13.8. The molecule has 0 aromatic carbocycles. The van der Waals surface area contributed by atoms with Gasteiger partial charge in [-0.15, -0.1) is 0 Å². The lowest BCUT2D eigenvalue weighted by Gasteiger charge is -2.21. The molecule has 1 heterocycles. The third-order valence-electron chi connectivity index (χ3n) is 3.88. The third-order valence-corrected chi connectivity index (χ3v) is 3.88. The predicted octanol–water partition coefficient (Wildman–Crippen LogP) is 1.31. The highest BCUT2D eigenvalue weighted by Gasteiger charge is 2.31. The second kappa shape index (κ2) is 9.19. The fourth-order valence-electron chi connectivity index (χ4n) is 2.51. The average molecular weight is 284 g/mol. The van der Waals surface area contributed by atoms with Gasteiger partial charge in [-0.3, -0.25) is 9.89 Å². The topological polar surface area (TPSA) is 48.9 Å². The maximum absolute atomic E-state index is 5.33. The van der Waals surface area contributed by atoms with Crippen molar-refractivity contribution in [2.24, 2.45) is 10.9 Å². The van der Waals surface area contributed by atoms with Crippen molar-refractivity contribution >= 4 is 5.96 Å². The number of rotatable bonds is 7. The number of nitrogens with zero attached hydrogens (tertiary/aromatic N) is 2. The fourth-order valence-corrected chi connectivity index (χ4v) is 2.51. The summed E-state index contributed by atoms with van der Waals surface area (Å²) in [6.45, 7) is 13.6. The Labute approximate surface area is 124 Å². The molecule has 0 bridgehead atoms. The molecule has 1 rings (SSSR count). The fraction of sp³-hybridized carbons (Fsp3) is 0.933. The molecule has 2 unspecified atom stereocenters. The van der Waals surface area contributed by atoms with E-state index >= 15 is 0 Å². The standard InChI is InChI=1S/C15H32N4O/c1-6-20-9-7-8-17-15(16-5)18-14-11-19(12(2)3)10-13(14)4/h12-14H,6-11H2,1-5H3,(H2,16,17,18). The first-order chi connectivity index (χ1) is 9.58. The molecule has 20 heavy (non-hydrogen) atoms. The Morgan fingerprint density at radius 2 is 2.15 bits per heavy atom. The maximum Gasteiger partial charge on any atom is 0.191 e. The largest absolute Gasteiger partial charge is 0.382 e. The summed E-state index contributed by atoms with van der Waals surface area (Å²) in [5, 5.41) is 6.91. The zero-order valence-corrected chi connectivity index (χ0v) is 13.8. The van der Waals surface area contributed by atoms with E-state index in [1.807, 2.05) is 14.0 Å². The van der Waals surface area contributed by atoms with E-state index in [1.54, 1.807) is 0 Å². The van der Waals surface area contributed by atoms with Crippen molar-refractivity contribution in [1.29, 1.82) is 0 Å². The van der Waals surface area contributed by atoms with Gasteiger partial charge in [0.2, 0.25) is 0 Å². The van der Waals surface area contributed by atoms with Gasteiger partial charge in [0.05, 0.1) is 0 Å². The number of nitrogens with one attached hydrogen (secondary N) is 2. The molecule has 0 saturated carbocycles. The van der Waals surface area contributed by atoms with Gasteiger partial charge < -0.3 is 15.4 Å². The van der Waals surface area contributed by atoms with Gasteiger partial charge in [-0.05, 0) is 33.1 Å². The molecular weight excluding hydrogens is 252 g/mol. The van der Waals surface area contributed by atoms with E-state index < -0.39 is 0 Å². The van der Waals surface area contributed by atoms with Crippen LogP contribution in [0.1, 0.15) is 34.1 Å². The second-order valence-electron chi connectivity index (χ2n) is 5.83. The summed E-state index contributed by atoms with van der Waals surface area (Å²) in [7, 11) is 1.83. The number of aliphatic imine (C=N–C) groups is 1. The first-order valence-corrected chi connectivity index (χ1v) is 7.87. The quantitative estimate of drug-likeness (QED) is 0.420. The Morgan fingerprint density at radius 3 is 2.70 bits per heavy atom. The molecule has 0 aromatic rings. The van der Waals surface area contributed by atoms with Crippen LogP contribution in [0, 0.1) is 5.92 Å². The maximum atomic E-state index is 5.33. The summed E-state index contributed by atoms with van der Waals surface area (Å²) in [6.07, 6.45) is 1.01. The van der Waals surface area contributed by atoms with Crippen LogP contribution in [0.4, 0.5) is 0 Å². The molecule has 2 N–H and O–H groups in total. The Hall–Kier alpha value is -0.810. The van der Waals surface area contributed by atoms with Crippen molar-refractivity contribution in [3.05, 3.63) is 0 Å². The number of guanidine groups is 1. The molecule has 1 saturated heterocycles. The predicted molar refractivity (Wildman–Crippen MR) is 85.3 cm³/mol. The summed E-state index contributed by atoms with van der Waals surface area (Å²) in [4.78, 5) is 6.83. The smallest absolute Gasteiger partial charge is 0.191 e. The Bertz CT molecular complexity index is 294. The van der Waals surface area contributed by atoms with Crippen molar-refractivity contribution in [2.75, 3.05) is 39.9 Å². The summed E-state index contributed by atoms with van der Waals surface area (Å²) in [5.41, 5.74) is 0. The number of likely N-dealkylation sites (tertiary alicyclic amines) is 1. The van der Waals surface area contributed by atoms with Gasteiger partial charge in [-0.2, -0.15) is 0 Å². The minimum atomic E-state index is 0.482. The van der Waals surface area contributed by atoms with Crippen LogP contribution in [-0.4, -0.2) is 62.8 Å². The molecule has 0 radical (unpaired) electrons. The monoisotopic (exact) mass is 284 g/mol. The molecule has 1 aliphatic heterocycles. The van der Waals surface area contributed by atoms with Gasteiger partial charge in [0.25, 0.3) is 0 Å². The third kappa shape index (κ3) is 5.67. The minimum Gasteiger partial charge on any atom is -0.382 e.